The molecule has 0 amide bonds. The SMILES string of the molecule is CCCOOSO/N=C(/c1ccc(OCC(COc2ccc(/C(=N/OS(=O)(=O)CCC)C(F)(F)F)cc2)OC(C)=O)cc1)C(F)(F)F. The van der Waals surface area contributed by atoms with Gasteiger partial charge < -0.3 is 14.2 Å². The number of ether oxygens (including phenoxy) is 3. The molecule has 0 radical (unpaired) electrons. The minimum atomic E-state index is -5.05. The van der Waals surface area contributed by atoms with Crippen molar-refractivity contribution in [2.24, 2.45) is 10.3 Å². The summed E-state index contributed by atoms with van der Waals surface area (Å²) in [6.07, 6.45) is -10.3. The number of carbonyl (C=O) groups is 1. The van der Waals surface area contributed by atoms with Gasteiger partial charge in [0, 0.05) is 18.1 Å². The highest BCUT2D eigenvalue weighted by Crippen LogP contribution is 2.27. The molecule has 0 aliphatic carbocycles. The van der Waals surface area contributed by atoms with Crippen molar-refractivity contribution in [1.29, 1.82) is 0 Å². The van der Waals surface area contributed by atoms with E-state index in [0.717, 1.165) is 43.3 Å². The van der Waals surface area contributed by atoms with Crippen molar-refractivity contribution in [2.75, 3.05) is 25.6 Å². The van der Waals surface area contributed by atoms with Crippen LogP contribution in [0, 0.1) is 0 Å². The molecule has 0 bridgehead atoms. The Balaban J connectivity index is 2.06. The van der Waals surface area contributed by atoms with Crippen molar-refractivity contribution in [3.8, 4) is 11.5 Å². The second kappa shape index (κ2) is 18.6. The van der Waals surface area contributed by atoms with Gasteiger partial charge in [-0.15, -0.1) is 4.33 Å². The normalized spacial score (nSPS) is 13.6. The van der Waals surface area contributed by atoms with Crippen LogP contribution in [0.2, 0.25) is 0 Å². The van der Waals surface area contributed by atoms with Gasteiger partial charge in [-0.1, -0.05) is 24.2 Å². The highest BCUT2D eigenvalue weighted by Gasteiger charge is 2.39. The van der Waals surface area contributed by atoms with Crippen LogP contribution in [0.25, 0.3) is 0 Å². The maximum Gasteiger partial charge on any atom is 0.437 e. The van der Waals surface area contributed by atoms with Gasteiger partial charge in [0.15, 0.2) is 17.5 Å². The number of hydrogen-bond donors (Lipinski definition) is 0. The van der Waals surface area contributed by atoms with Crippen molar-refractivity contribution in [3.63, 3.8) is 0 Å². The summed E-state index contributed by atoms with van der Waals surface area (Å²) in [5.74, 6) is -1.12. The Morgan fingerprint density at radius 3 is 1.72 bits per heavy atom. The molecular formula is C27H30F6N2O10S2. The quantitative estimate of drug-likeness (QED) is 0.0307. The monoisotopic (exact) mass is 720 g/mol. The molecule has 0 heterocycles. The van der Waals surface area contributed by atoms with Crippen LogP contribution in [0.3, 0.4) is 0 Å². The number of rotatable bonds is 19. The zero-order chi connectivity index (χ0) is 35.1. The Kier molecular flexibility index (Phi) is 15.6. The van der Waals surface area contributed by atoms with Crippen molar-refractivity contribution in [1.82, 2.24) is 0 Å². The molecule has 1 atom stereocenters. The molecule has 262 valence electrons. The summed E-state index contributed by atoms with van der Waals surface area (Å²) in [4.78, 5) is 16.2. The lowest BCUT2D eigenvalue weighted by atomic mass is 10.1. The predicted molar refractivity (Wildman–Crippen MR) is 156 cm³/mol. The van der Waals surface area contributed by atoms with E-state index < -0.39 is 57.3 Å². The van der Waals surface area contributed by atoms with Gasteiger partial charge in [-0.2, -0.15) is 34.8 Å². The lowest BCUT2D eigenvalue weighted by molar-refractivity contribution is -0.196. The molecule has 0 N–H and O–H groups in total. The summed E-state index contributed by atoms with van der Waals surface area (Å²) in [7, 11) is -4.31. The lowest BCUT2D eigenvalue weighted by Gasteiger charge is -2.19. The maximum absolute atomic E-state index is 13.5. The van der Waals surface area contributed by atoms with Crippen molar-refractivity contribution >= 4 is 39.8 Å². The van der Waals surface area contributed by atoms with E-state index in [1.165, 1.54) is 19.1 Å². The van der Waals surface area contributed by atoms with Crippen molar-refractivity contribution in [3.05, 3.63) is 59.7 Å². The van der Waals surface area contributed by atoms with Crippen LogP contribution in [0.15, 0.2) is 58.8 Å². The maximum atomic E-state index is 13.5. The number of benzene rings is 2. The molecule has 0 aromatic heterocycles. The van der Waals surface area contributed by atoms with Crippen LogP contribution in [0.1, 0.15) is 44.7 Å². The lowest BCUT2D eigenvalue weighted by Crippen LogP contribution is -2.30. The highest BCUT2D eigenvalue weighted by atomic mass is 32.2. The first-order valence-corrected chi connectivity index (χ1v) is 15.8. The molecule has 20 heteroatoms. The van der Waals surface area contributed by atoms with Gasteiger partial charge in [-0.3, -0.25) is 13.4 Å². The number of carbonyl (C=O) groups excluding carboxylic acids is 1. The van der Waals surface area contributed by atoms with Crippen molar-refractivity contribution in [2.45, 2.75) is 52.1 Å². The second-order valence-corrected chi connectivity index (χ2v) is 11.2. The van der Waals surface area contributed by atoms with Crippen LogP contribution in [-0.4, -0.2) is 69.8 Å². The van der Waals surface area contributed by atoms with E-state index in [2.05, 4.69) is 28.1 Å². The molecule has 2 aromatic rings. The van der Waals surface area contributed by atoms with Gasteiger partial charge in [0.2, 0.25) is 0 Å². The van der Waals surface area contributed by atoms with Gasteiger partial charge in [0.05, 0.1) is 12.4 Å². The average Bonchev–Trinajstić information content (AvgIpc) is 2.97. The summed E-state index contributed by atoms with van der Waals surface area (Å²) in [5.41, 5.74) is -3.84. The van der Waals surface area contributed by atoms with Crippen molar-refractivity contribution < 1.29 is 71.6 Å². The molecule has 0 aliphatic heterocycles. The third kappa shape index (κ3) is 14.7. The smallest absolute Gasteiger partial charge is 0.437 e. The van der Waals surface area contributed by atoms with Crippen LogP contribution in [0.5, 0.6) is 11.5 Å². The number of halogens is 6. The molecule has 47 heavy (non-hydrogen) atoms. The molecular weight excluding hydrogens is 690 g/mol. The number of alkyl halides is 6. The van der Waals surface area contributed by atoms with E-state index in [-0.39, 0.29) is 55.6 Å². The number of hydrogen-bond acceptors (Lipinski definition) is 13. The summed E-state index contributed by atoms with van der Waals surface area (Å²) >= 11 is 0.0982. The van der Waals surface area contributed by atoms with E-state index in [1.807, 2.05) is 0 Å². The van der Waals surface area contributed by atoms with E-state index in [1.54, 1.807) is 6.92 Å². The number of nitrogens with zero attached hydrogens (tertiary/aromatic N) is 2. The molecule has 1 unspecified atom stereocenters. The van der Waals surface area contributed by atoms with Gasteiger partial charge in [0.1, 0.15) is 24.7 Å². The van der Waals surface area contributed by atoms with Gasteiger partial charge in [0.25, 0.3) is 12.3 Å². The Hall–Kier alpha value is -3.75. The van der Waals surface area contributed by atoms with E-state index in [0.29, 0.717) is 6.42 Å². The first-order chi connectivity index (χ1) is 22.1. The fourth-order valence-corrected chi connectivity index (χ4v) is 4.27. The molecule has 0 saturated heterocycles. The number of oxime groups is 2. The van der Waals surface area contributed by atoms with E-state index >= 15 is 0 Å². The minimum Gasteiger partial charge on any atom is -0.490 e. The third-order valence-corrected chi connectivity index (χ3v) is 6.71. The predicted octanol–water partition coefficient (Wildman–Crippen LogP) is 6.30. The van der Waals surface area contributed by atoms with Gasteiger partial charge in [-0.05, 0) is 61.4 Å². The third-order valence-electron chi connectivity index (χ3n) is 5.22. The van der Waals surface area contributed by atoms with Crippen LogP contribution in [-0.2, 0) is 37.4 Å². The van der Waals surface area contributed by atoms with Gasteiger partial charge in [-0.25, -0.2) is 4.89 Å². The second-order valence-electron chi connectivity index (χ2n) is 9.15. The molecule has 0 aliphatic rings. The molecule has 2 aromatic carbocycles. The fraction of sp³-hybridized carbons (Fsp3) is 0.444. The van der Waals surface area contributed by atoms with Gasteiger partial charge >= 0.3 is 28.4 Å². The Bertz CT molecular complexity index is 1440. The summed E-state index contributed by atoms with van der Waals surface area (Å²) < 4.78 is 133. The van der Waals surface area contributed by atoms with Crippen LogP contribution in [0.4, 0.5) is 26.3 Å². The van der Waals surface area contributed by atoms with Crippen LogP contribution < -0.4 is 9.47 Å². The fourth-order valence-electron chi connectivity index (χ4n) is 3.27. The highest BCUT2D eigenvalue weighted by molar-refractivity contribution is 7.89. The largest absolute Gasteiger partial charge is 0.490 e. The average molecular weight is 721 g/mol. The summed E-state index contributed by atoms with van der Waals surface area (Å²) in [5, 5.41) is 5.85. The molecule has 12 nitrogen and oxygen atoms in total. The molecule has 2 rings (SSSR count). The zero-order valence-electron chi connectivity index (χ0n) is 25.0. The molecule has 0 spiro atoms. The zero-order valence-corrected chi connectivity index (χ0v) is 26.6. The molecule has 0 saturated carbocycles. The standard InChI is InChI=1S/C27H30F6N2O10S2/c1-4-14-41-45-46-43-34-24(26(28,29)30)19-6-10-21(11-7-19)39-16-23(42-18(3)36)17-40-22-12-8-20(9-13-22)25(27(31,32)33)35-44-47(37,38)15-5-2/h6-13,23H,4-5,14-17H2,1-3H3/b34-24-,35-25-. The van der Waals surface area contributed by atoms with Crippen LogP contribution >= 0.6 is 12.3 Å². The first-order valence-electron chi connectivity index (χ1n) is 13.5. The first kappa shape index (κ1) is 39.4. The minimum absolute atomic E-state index is 0.0398. The van der Waals surface area contributed by atoms with E-state index in [9.17, 15) is 39.6 Å². The number of esters is 1. The van der Waals surface area contributed by atoms with E-state index in [4.69, 9.17) is 14.2 Å². The summed E-state index contributed by atoms with van der Waals surface area (Å²) in [6, 6.07) is 8.72. The summed E-state index contributed by atoms with van der Waals surface area (Å²) in [6.45, 7) is 3.94. The molecule has 0 fully saturated rings. The topological polar surface area (TPSA) is 141 Å². The Morgan fingerprint density at radius 1 is 0.809 bits per heavy atom. The Morgan fingerprint density at radius 2 is 1.30 bits per heavy atom. The Labute approximate surface area is 270 Å².